The minimum atomic E-state index is -0.161. The molecule has 0 bridgehead atoms. The third kappa shape index (κ3) is 4.26. The number of ether oxygens (including phenoxy) is 1. The van der Waals surface area contributed by atoms with Crippen molar-refractivity contribution in [3.8, 4) is 0 Å². The van der Waals surface area contributed by atoms with Crippen molar-refractivity contribution in [1.29, 1.82) is 0 Å². The Bertz CT molecular complexity index is 400. The van der Waals surface area contributed by atoms with Crippen LogP contribution in [0.5, 0.6) is 0 Å². The summed E-state index contributed by atoms with van der Waals surface area (Å²) in [4.78, 5) is 0. The van der Waals surface area contributed by atoms with Crippen molar-refractivity contribution in [3.63, 3.8) is 0 Å². The minimum absolute atomic E-state index is 0.161. The summed E-state index contributed by atoms with van der Waals surface area (Å²) in [5, 5.41) is 3.45. The van der Waals surface area contributed by atoms with Crippen molar-refractivity contribution in [2.75, 3.05) is 26.8 Å². The van der Waals surface area contributed by atoms with Gasteiger partial charge < -0.3 is 10.1 Å². The van der Waals surface area contributed by atoms with Crippen molar-refractivity contribution >= 4 is 15.9 Å². The van der Waals surface area contributed by atoms with Crippen LogP contribution < -0.4 is 5.32 Å². The Hall–Kier alpha value is -0.450. The SMILES string of the molecule is COCCNCC1(Cc2cc(F)cc(Br)c2)CCC1. The predicted octanol–water partition coefficient (Wildman–Crippen LogP) is 3.54. The van der Waals surface area contributed by atoms with Crippen molar-refractivity contribution in [2.24, 2.45) is 5.41 Å². The molecule has 1 aliphatic rings. The zero-order valence-corrected chi connectivity index (χ0v) is 12.9. The van der Waals surface area contributed by atoms with Crippen molar-refractivity contribution in [2.45, 2.75) is 25.7 Å². The summed E-state index contributed by atoms with van der Waals surface area (Å²) in [5.74, 6) is -0.161. The molecule has 4 heteroatoms. The summed E-state index contributed by atoms with van der Waals surface area (Å²) < 4.78 is 19.3. The van der Waals surface area contributed by atoms with Crippen LogP contribution in [0.3, 0.4) is 0 Å². The van der Waals surface area contributed by atoms with Crippen LogP contribution in [0, 0.1) is 11.2 Å². The first-order valence-electron chi connectivity index (χ1n) is 6.78. The first-order valence-corrected chi connectivity index (χ1v) is 7.57. The molecule has 1 aromatic rings. The van der Waals surface area contributed by atoms with Gasteiger partial charge in [0.1, 0.15) is 5.82 Å². The number of methoxy groups -OCH3 is 1. The van der Waals surface area contributed by atoms with E-state index in [0.29, 0.717) is 5.41 Å². The topological polar surface area (TPSA) is 21.3 Å². The molecule has 0 heterocycles. The van der Waals surface area contributed by atoms with Crippen LogP contribution in [0.25, 0.3) is 0 Å². The van der Waals surface area contributed by atoms with Gasteiger partial charge in [-0.05, 0) is 48.4 Å². The zero-order chi connectivity index (χ0) is 13.7. The average Bonchev–Trinajstić information content (AvgIpc) is 2.30. The number of hydrogen-bond acceptors (Lipinski definition) is 2. The average molecular weight is 330 g/mol. The van der Waals surface area contributed by atoms with E-state index >= 15 is 0 Å². The number of hydrogen-bond donors (Lipinski definition) is 1. The van der Waals surface area contributed by atoms with E-state index in [2.05, 4.69) is 21.2 Å². The molecule has 1 aromatic carbocycles. The van der Waals surface area contributed by atoms with Gasteiger partial charge >= 0.3 is 0 Å². The highest BCUT2D eigenvalue weighted by molar-refractivity contribution is 9.10. The molecule has 106 valence electrons. The highest BCUT2D eigenvalue weighted by Gasteiger charge is 2.36. The Morgan fingerprint density at radius 1 is 1.37 bits per heavy atom. The molecule has 2 nitrogen and oxygen atoms in total. The van der Waals surface area contributed by atoms with Crippen molar-refractivity contribution < 1.29 is 9.13 Å². The summed E-state index contributed by atoms with van der Waals surface area (Å²) in [6.45, 7) is 2.61. The maximum absolute atomic E-state index is 13.4. The molecule has 2 rings (SSSR count). The lowest BCUT2D eigenvalue weighted by Gasteiger charge is -2.42. The van der Waals surface area contributed by atoms with Crippen LogP contribution in [0.15, 0.2) is 22.7 Å². The number of halogens is 2. The van der Waals surface area contributed by atoms with E-state index in [1.54, 1.807) is 13.2 Å². The van der Waals surface area contributed by atoms with Gasteiger partial charge in [-0.2, -0.15) is 0 Å². The highest BCUT2D eigenvalue weighted by Crippen LogP contribution is 2.43. The Morgan fingerprint density at radius 3 is 2.74 bits per heavy atom. The molecule has 1 fully saturated rings. The smallest absolute Gasteiger partial charge is 0.124 e. The molecule has 0 saturated heterocycles. The molecule has 1 saturated carbocycles. The molecular weight excluding hydrogens is 309 g/mol. The largest absolute Gasteiger partial charge is 0.383 e. The maximum atomic E-state index is 13.4. The zero-order valence-electron chi connectivity index (χ0n) is 11.3. The quantitative estimate of drug-likeness (QED) is 0.772. The molecule has 0 aromatic heterocycles. The number of benzene rings is 1. The first-order chi connectivity index (χ1) is 9.13. The number of rotatable bonds is 7. The normalized spacial score (nSPS) is 17.2. The number of nitrogens with one attached hydrogen (secondary N) is 1. The van der Waals surface area contributed by atoms with Gasteiger partial charge in [0, 0.05) is 24.7 Å². The van der Waals surface area contributed by atoms with E-state index in [9.17, 15) is 4.39 Å². The van der Waals surface area contributed by atoms with Gasteiger partial charge in [-0.25, -0.2) is 4.39 Å². The van der Waals surface area contributed by atoms with E-state index < -0.39 is 0 Å². The van der Waals surface area contributed by atoms with Gasteiger partial charge in [-0.3, -0.25) is 0 Å². The van der Waals surface area contributed by atoms with Gasteiger partial charge in [-0.1, -0.05) is 22.4 Å². The van der Waals surface area contributed by atoms with Gasteiger partial charge in [0.05, 0.1) is 6.61 Å². The molecule has 1 N–H and O–H groups in total. The molecule has 1 aliphatic carbocycles. The third-order valence-electron chi connectivity index (χ3n) is 3.90. The fraction of sp³-hybridized carbons (Fsp3) is 0.600. The lowest BCUT2D eigenvalue weighted by atomic mass is 9.65. The molecule has 0 aliphatic heterocycles. The lowest BCUT2D eigenvalue weighted by Crippen LogP contribution is -2.42. The lowest BCUT2D eigenvalue weighted by molar-refractivity contribution is 0.123. The van der Waals surface area contributed by atoms with Crippen LogP contribution in [-0.2, 0) is 11.2 Å². The second-order valence-corrected chi connectivity index (χ2v) is 6.39. The molecule has 0 atom stereocenters. The second-order valence-electron chi connectivity index (χ2n) is 5.48. The monoisotopic (exact) mass is 329 g/mol. The molecular formula is C15H21BrFNO. The van der Waals surface area contributed by atoms with E-state index in [1.165, 1.54) is 25.3 Å². The van der Waals surface area contributed by atoms with E-state index in [0.717, 1.165) is 36.2 Å². The van der Waals surface area contributed by atoms with E-state index in [1.807, 2.05) is 6.07 Å². The fourth-order valence-corrected chi connectivity index (χ4v) is 3.28. The van der Waals surface area contributed by atoms with E-state index in [4.69, 9.17) is 4.74 Å². The second kappa shape index (κ2) is 6.82. The first kappa shape index (κ1) is 14.9. The summed E-state index contributed by atoms with van der Waals surface area (Å²) in [6, 6.07) is 5.19. The Labute approximate surface area is 122 Å². The Morgan fingerprint density at radius 2 is 2.16 bits per heavy atom. The summed E-state index contributed by atoms with van der Waals surface area (Å²) in [7, 11) is 1.71. The van der Waals surface area contributed by atoms with Crippen molar-refractivity contribution in [1.82, 2.24) is 5.32 Å². The Kier molecular flexibility index (Phi) is 5.37. The summed E-state index contributed by atoms with van der Waals surface area (Å²) in [6.07, 6.45) is 4.67. The molecule has 19 heavy (non-hydrogen) atoms. The van der Waals surface area contributed by atoms with Gasteiger partial charge in [-0.15, -0.1) is 0 Å². The maximum Gasteiger partial charge on any atom is 0.124 e. The summed E-state index contributed by atoms with van der Waals surface area (Å²) >= 11 is 3.36. The van der Waals surface area contributed by atoms with Gasteiger partial charge in [0.15, 0.2) is 0 Å². The summed E-state index contributed by atoms with van der Waals surface area (Å²) in [5.41, 5.74) is 1.39. The van der Waals surface area contributed by atoms with E-state index in [-0.39, 0.29) is 5.82 Å². The predicted molar refractivity (Wildman–Crippen MR) is 78.8 cm³/mol. The third-order valence-corrected chi connectivity index (χ3v) is 4.36. The van der Waals surface area contributed by atoms with Crippen LogP contribution in [0.1, 0.15) is 24.8 Å². The molecule has 0 radical (unpaired) electrons. The van der Waals surface area contributed by atoms with Gasteiger partial charge in [0.25, 0.3) is 0 Å². The van der Waals surface area contributed by atoms with Gasteiger partial charge in [0.2, 0.25) is 0 Å². The minimum Gasteiger partial charge on any atom is -0.383 e. The van der Waals surface area contributed by atoms with Crippen LogP contribution >= 0.6 is 15.9 Å². The molecule has 0 amide bonds. The standard InChI is InChI=1S/C15H21BrFNO/c1-19-6-5-18-11-15(3-2-4-15)10-12-7-13(16)9-14(17)8-12/h7-9,18H,2-6,10-11H2,1H3. The molecule has 0 unspecified atom stereocenters. The van der Waals surface area contributed by atoms with Crippen molar-refractivity contribution in [3.05, 3.63) is 34.1 Å². The fourth-order valence-electron chi connectivity index (χ4n) is 2.77. The highest BCUT2D eigenvalue weighted by atomic mass is 79.9. The Balaban J connectivity index is 1.94. The van der Waals surface area contributed by atoms with Crippen LogP contribution in [-0.4, -0.2) is 26.8 Å². The van der Waals surface area contributed by atoms with Crippen LogP contribution in [0.2, 0.25) is 0 Å². The molecule has 0 spiro atoms. The van der Waals surface area contributed by atoms with Crippen LogP contribution in [0.4, 0.5) is 4.39 Å².